The second kappa shape index (κ2) is 36.9. The maximum atomic E-state index is 13.6. The highest BCUT2D eigenvalue weighted by atomic mass is 16.8. The molecule has 35 heteroatoms. The van der Waals surface area contributed by atoms with Crippen LogP contribution in [0.5, 0.6) is 0 Å². The number of ether oxygens (including phenoxy) is 15. The summed E-state index contributed by atoms with van der Waals surface area (Å²) in [5.41, 5.74) is 22.6. The molecule has 85 heavy (non-hydrogen) atoms. The summed E-state index contributed by atoms with van der Waals surface area (Å²) in [7, 11) is 2.16. The number of unbranched alkanes of at least 4 members (excludes halogenated alkanes) is 1. The Hall–Kier alpha value is -8.59. The summed E-state index contributed by atoms with van der Waals surface area (Å²) in [5, 5.41) is 10.3. The predicted octanol–water partition coefficient (Wildman–Crippen LogP) is -3.83. The zero-order chi connectivity index (χ0) is 62.3. The van der Waals surface area contributed by atoms with Gasteiger partial charge in [-0.05, 0) is 25.0 Å². The molecule has 0 aromatic carbocycles. The number of rotatable bonds is 36. The number of amides is 5. The molecule has 0 radical (unpaired) electrons. The van der Waals surface area contributed by atoms with Gasteiger partial charge in [0.15, 0.2) is 48.5 Å². The Morgan fingerprint density at radius 2 is 1.07 bits per heavy atom. The molecule has 0 aliphatic carbocycles. The fourth-order valence-electron chi connectivity index (χ4n) is 8.42. The molecule has 0 unspecified atom stereocenters. The summed E-state index contributed by atoms with van der Waals surface area (Å²) in [6.07, 6.45) is -4.84. The molecule has 4 rings (SSSR count). The summed E-state index contributed by atoms with van der Waals surface area (Å²) >= 11 is 0. The molecular formula is C50H75N11O24. The number of alkyl carbamates (subject to hydrolysis) is 2. The zero-order valence-electron chi connectivity index (χ0n) is 47.4. The van der Waals surface area contributed by atoms with E-state index in [9.17, 15) is 43.2 Å². The first-order valence-corrected chi connectivity index (χ1v) is 26.6. The van der Waals surface area contributed by atoms with Gasteiger partial charge in [-0.2, -0.15) is 0 Å². The second-order valence-corrected chi connectivity index (χ2v) is 18.3. The Balaban J connectivity index is 1.36. The maximum Gasteiger partial charge on any atom is 0.508 e. The number of nitrogens with two attached hydrogens (primary N) is 4. The van der Waals surface area contributed by atoms with E-state index in [1.807, 2.05) is 0 Å². The number of hydrogen-bond acceptors (Lipinski definition) is 26. The molecule has 35 nitrogen and oxygen atoms in total. The van der Waals surface area contributed by atoms with Crippen LogP contribution in [0.1, 0.15) is 33.1 Å². The molecule has 12 N–H and O–H groups in total. The molecule has 0 aromatic rings. The molecule has 4 aliphatic rings. The second-order valence-electron chi connectivity index (χ2n) is 18.3. The van der Waals surface area contributed by atoms with E-state index in [2.05, 4.69) is 37.2 Å². The number of carbonyl (C=O) groups excluding carboxylic acids is 9. The van der Waals surface area contributed by atoms with Crippen LogP contribution in [0.4, 0.5) is 19.2 Å². The van der Waals surface area contributed by atoms with Crippen molar-refractivity contribution < 1.29 is 114 Å². The number of methoxy groups -OCH3 is 2. The van der Waals surface area contributed by atoms with Crippen molar-refractivity contribution in [2.45, 2.75) is 93.9 Å². The standard InChI is InChI=1S/C50H75N11O24/c1-6-14-73-18-20-76-22-23-77-21-19-74-15-9-36(64)61(12-8-7-10-55-47(67)84-39(34-26-78-49(69)82-34)41-37(57-28(2)62)30(59-45(51)52)24-32(80-41)43(65)71-4)13-17-75-16-11-56-48(68)85-40(35-27-79-50(70)83-35)42-38(58-29(3)63)31(60-46(53)54)25-33(81-42)44(66)72-5/h1,24-25,30-31,34-35,37-42H,7-23,26-27H2,2-5H3,(H,55,67)(H,56,68)(H,57,62)(H,58,63)(H4,51,52,59)(H4,53,54,60)/t30-,31-,34+,35+,37+,38+,39+,40+,41+,42+/m0/s1. The lowest BCUT2D eigenvalue weighted by Gasteiger charge is -2.39. The van der Waals surface area contributed by atoms with Crippen molar-refractivity contribution in [2.75, 3.05) is 120 Å². The fraction of sp³-hybridized carbons (Fsp3) is 0.660. The number of aliphatic imine (C=N–C) groups is 2. The monoisotopic (exact) mass is 1210 g/mol. The Labute approximate surface area is 487 Å². The van der Waals surface area contributed by atoms with Gasteiger partial charge in [0.2, 0.25) is 29.2 Å². The third-order valence-electron chi connectivity index (χ3n) is 12.1. The number of nitrogens with one attached hydrogen (secondary N) is 4. The van der Waals surface area contributed by atoms with Crippen LogP contribution in [0.3, 0.4) is 0 Å². The van der Waals surface area contributed by atoms with E-state index in [1.165, 1.54) is 30.9 Å². The van der Waals surface area contributed by atoms with Crippen molar-refractivity contribution in [1.29, 1.82) is 0 Å². The molecule has 474 valence electrons. The normalized spacial score (nSPS) is 21.9. The molecule has 5 amide bonds. The first kappa shape index (κ1) is 68.9. The molecule has 0 spiro atoms. The van der Waals surface area contributed by atoms with Crippen molar-refractivity contribution in [1.82, 2.24) is 26.2 Å². The molecule has 2 saturated heterocycles. The van der Waals surface area contributed by atoms with Gasteiger partial charge in [0.05, 0.1) is 104 Å². The lowest BCUT2D eigenvalue weighted by atomic mass is 9.92. The van der Waals surface area contributed by atoms with Crippen LogP contribution < -0.4 is 44.2 Å². The van der Waals surface area contributed by atoms with Gasteiger partial charge in [-0.3, -0.25) is 14.4 Å². The molecular weight excluding hydrogens is 1140 g/mol. The topological polar surface area (TPSA) is 472 Å². The van der Waals surface area contributed by atoms with Crippen LogP contribution in [0.2, 0.25) is 0 Å². The number of hydrogen-bond donors (Lipinski definition) is 8. The van der Waals surface area contributed by atoms with E-state index in [1.54, 1.807) is 0 Å². The van der Waals surface area contributed by atoms with Crippen molar-refractivity contribution in [2.24, 2.45) is 32.9 Å². The van der Waals surface area contributed by atoms with E-state index < -0.39 is 146 Å². The predicted molar refractivity (Wildman–Crippen MR) is 287 cm³/mol. The number of guanidine groups is 2. The first-order chi connectivity index (χ1) is 40.7. The van der Waals surface area contributed by atoms with Crippen LogP contribution in [0.25, 0.3) is 0 Å². The summed E-state index contributed by atoms with van der Waals surface area (Å²) in [4.78, 5) is 124. The molecule has 0 bridgehead atoms. The van der Waals surface area contributed by atoms with Gasteiger partial charge in [0, 0.05) is 40.0 Å². The van der Waals surface area contributed by atoms with Gasteiger partial charge in [0.25, 0.3) is 0 Å². The minimum atomic E-state index is -1.56. The van der Waals surface area contributed by atoms with Crippen LogP contribution in [0, 0.1) is 12.3 Å². The van der Waals surface area contributed by atoms with Crippen LogP contribution in [0.15, 0.2) is 33.7 Å². The van der Waals surface area contributed by atoms with E-state index in [-0.39, 0.29) is 84.6 Å². The Kier molecular flexibility index (Phi) is 29.9. The van der Waals surface area contributed by atoms with Gasteiger partial charge in [-0.1, -0.05) is 5.92 Å². The highest BCUT2D eigenvalue weighted by Crippen LogP contribution is 2.31. The van der Waals surface area contributed by atoms with E-state index in [0.717, 1.165) is 14.2 Å². The molecule has 4 aliphatic heterocycles. The molecule has 0 aromatic heterocycles. The quantitative estimate of drug-likeness (QED) is 0.00744. The summed E-state index contributed by atoms with van der Waals surface area (Å²) in [6, 6.07) is -4.73. The maximum absolute atomic E-state index is 13.6. The lowest BCUT2D eigenvalue weighted by molar-refractivity contribution is -0.148. The summed E-state index contributed by atoms with van der Waals surface area (Å²) in [5.74, 6) is -2.72. The van der Waals surface area contributed by atoms with Crippen LogP contribution >= 0.6 is 0 Å². The largest absolute Gasteiger partial charge is 0.508 e. The van der Waals surface area contributed by atoms with Crippen LogP contribution in [-0.2, 0) is 95.0 Å². The highest BCUT2D eigenvalue weighted by molar-refractivity contribution is 5.88. The van der Waals surface area contributed by atoms with Crippen molar-refractivity contribution in [3.63, 3.8) is 0 Å². The van der Waals surface area contributed by atoms with Crippen LogP contribution in [-0.4, -0.2) is 251 Å². The van der Waals surface area contributed by atoms with Gasteiger partial charge in [-0.25, -0.2) is 38.8 Å². The minimum Gasteiger partial charge on any atom is -0.477 e. The average Bonchev–Trinajstić information content (AvgIpc) is 2.60. The Morgan fingerprint density at radius 1 is 0.624 bits per heavy atom. The summed E-state index contributed by atoms with van der Waals surface area (Å²) < 4.78 is 80.7. The van der Waals surface area contributed by atoms with E-state index in [0.29, 0.717) is 32.8 Å². The van der Waals surface area contributed by atoms with Gasteiger partial charge in [-0.15, -0.1) is 6.42 Å². The number of nitrogens with zero attached hydrogens (tertiary/aromatic N) is 3. The van der Waals surface area contributed by atoms with Crippen molar-refractivity contribution >= 4 is 66.1 Å². The SMILES string of the molecule is C#CCOCCOCCOCCOCCC(=O)N(CCCCNC(=O)O[C@@H]([C@@H]1OC(C(=O)OC)=C[C@H](N=C(N)N)[C@H]1NC(C)=O)[C@H]1COC(=O)O1)CCOCCNC(=O)O[C@@H]([C@@H]1OC(C(=O)OC)=C[C@H](N=C(N)N)[C@H]1NC(C)=O)[C@H]1COC(=O)O1. The Morgan fingerprint density at radius 3 is 1.49 bits per heavy atom. The van der Waals surface area contributed by atoms with Crippen molar-refractivity contribution in [3.8, 4) is 12.3 Å². The van der Waals surface area contributed by atoms with E-state index >= 15 is 0 Å². The van der Waals surface area contributed by atoms with Crippen molar-refractivity contribution in [3.05, 3.63) is 23.7 Å². The average molecular weight is 1210 g/mol. The highest BCUT2D eigenvalue weighted by Gasteiger charge is 2.52. The number of carbonyl (C=O) groups is 9. The Bertz CT molecular complexity index is 2430. The molecule has 2 fully saturated rings. The minimum absolute atomic E-state index is 0.0110. The number of cyclic esters (lactones) is 4. The fourth-order valence-corrected chi connectivity index (χ4v) is 8.42. The number of esters is 2. The zero-order valence-corrected chi connectivity index (χ0v) is 47.4. The van der Waals surface area contributed by atoms with Gasteiger partial charge >= 0.3 is 36.4 Å². The summed E-state index contributed by atoms with van der Waals surface area (Å²) in [6.45, 7) is 3.42. The van der Waals surface area contributed by atoms with Gasteiger partial charge < -0.3 is 120 Å². The first-order valence-electron chi connectivity index (χ1n) is 26.6. The number of terminal acetylenes is 1. The lowest BCUT2D eigenvalue weighted by Crippen LogP contribution is -2.61. The molecule has 10 atom stereocenters. The van der Waals surface area contributed by atoms with Gasteiger partial charge in [0.1, 0.15) is 19.8 Å². The molecule has 0 saturated carbocycles. The third-order valence-corrected chi connectivity index (χ3v) is 12.1. The smallest absolute Gasteiger partial charge is 0.477 e. The third kappa shape index (κ3) is 24.3. The van der Waals surface area contributed by atoms with E-state index in [4.69, 9.17) is 100 Å². The molecule has 4 heterocycles.